The minimum absolute atomic E-state index is 0.121. The molecule has 8 nitrogen and oxygen atoms in total. The highest BCUT2D eigenvalue weighted by atomic mass is 19.1. The second-order valence-electron chi connectivity index (χ2n) is 8.38. The summed E-state index contributed by atoms with van der Waals surface area (Å²) in [5.41, 5.74) is 1.88. The highest BCUT2D eigenvalue weighted by molar-refractivity contribution is 5.95. The van der Waals surface area contributed by atoms with Gasteiger partial charge in [-0.25, -0.2) is 13.8 Å². The van der Waals surface area contributed by atoms with Crippen molar-refractivity contribution < 1.29 is 9.18 Å². The van der Waals surface area contributed by atoms with E-state index in [9.17, 15) is 18.8 Å². The average Bonchev–Trinajstić information content (AvgIpc) is 2.91. The van der Waals surface area contributed by atoms with Crippen LogP contribution in [0.5, 0.6) is 0 Å². The maximum Gasteiger partial charge on any atom is 0.267 e. The number of nitrogens with one attached hydrogen (secondary N) is 1. The number of carbonyl (C=O) groups excluding carboxylic acids is 1. The molecule has 0 unspecified atom stereocenters. The van der Waals surface area contributed by atoms with Crippen molar-refractivity contribution in [3.05, 3.63) is 118 Å². The molecule has 0 aliphatic heterocycles. The average molecular weight is 496 g/mol. The van der Waals surface area contributed by atoms with E-state index in [1.807, 2.05) is 42.5 Å². The van der Waals surface area contributed by atoms with Crippen molar-refractivity contribution in [3.8, 4) is 22.5 Å². The lowest BCUT2D eigenvalue weighted by Gasteiger charge is -2.11. The highest BCUT2D eigenvalue weighted by Gasteiger charge is 2.11. The van der Waals surface area contributed by atoms with Gasteiger partial charge in [0.2, 0.25) is 5.91 Å². The van der Waals surface area contributed by atoms with Crippen molar-refractivity contribution in [1.29, 1.82) is 0 Å². The van der Waals surface area contributed by atoms with E-state index in [2.05, 4.69) is 15.5 Å². The van der Waals surface area contributed by atoms with Gasteiger partial charge in [0, 0.05) is 29.8 Å². The van der Waals surface area contributed by atoms with E-state index in [4.69, 9.17) is 0 Å². The van der Waals surface area contributed by atoms with Crippen molar-refractivity contribution in [2.45, 2.75) is 13.1 Å². The fourth-order valence-electron chi connectivity index (χ4n) is 4.03. The molecule has 9 heteroatoms. The van der Waals surface area contributed by atoms with Crippen molar-refractivity contribution in [2.75, 3.05) is 6.54 Å². The number of amides is 1. The first-order chi connectivity index (χ1) is 18.0. The second kappa shape index (κ2) is 10.4. The largest absolute Gasteiger partial charge is 0.353 e. The van der Waals surface area contributed by atoms with Gasteiger partial charge in [0.05, 0.1) is 17.9 Å². The zero-order valence-electron chi connectivity index (χ0n) is 19.7. The first kappa shape index (κ1) is 23.8. The Morgan fingerprint density at radius 3 is 2.24 bits per heavy atom. The number of carbonyl (C=O) groups is 1. The molecule has 2 heterocycles. The van der Waals surface area contributed by atoms with Gasteiger partial charge < -0.3 is 5.32 Å². The maximum atomic E-state index is 13.2. The highest BCUT2D eigenvalue weighted by Crippen LogP contribution is 2.26. The van der Waals surface area contributed by atoms with Crippen LogP contribution >= 0.6 is 0 Å². The van der Waals surface area contributed by atoms with E-state index < -0.39 is 11.5 Å². The van der Waals surface area contributed by atoms with Gasteiger partial charge in [-0.15, -0.1) is 0 Å². The van der Waals surface area contributed by atoms with Crippen LogP contribution in [0.4, 0.5) is 4.39 Å². The molecule has 37 heavy (non-hydrogen) atoms. The Hall–Kier alpha value is -4.92. The molecule has 3 aromatic carbocycles. The molecule has 0 saturated heterocycles. The number of aromatic nitrogens is 4. The van der Waals surface area contributed by atoms with Crippen LogP contribution in [-0.4, -0.2) is 32.0 Å². The zero-order valence-corrected chi connectivity index (χ0v) is 19.7. The molecule has 1 N–H and O–H groups in total. The maximum absolute atomic E-state index is 13.2. The summed E-state index contributed by atoms with van der Waals surface area (Å²) in [6, 6.07) is 25.5. The van der Waals surface area contributed by atoms with E-state index in [-0.39, 0.29) is 31.0 Å². The van der Waals surface area contributed by atoms with E-state index in [0.29, 0.717) is 17.0 Å². The van der Waals surface area contributed by atoms with E-state index in [1.165, 1.54) is 28.9 Å². The fraction of sp³-hybridized carbons (Fsp3) is 0.107. The molecular formula is C28H22FN5O3. The summed E-state index contributed by atoms with van der Waals surface area (Å²) in [5, 5.41) is 13.5. The molecule has 0 aliphatic rings. The van der Waals surface area contributed by atoms with Gasteiger partial charge in [-0.05, 0) is 47.2 Å². The number of hydrogen-bond donors (Lipinski definition) is 1. The van der Waals surface area contributed by atoms with E-state index in [1.54, 1.807) is 24.3 Å². The van der Waals surface area contributed by atoms with Crippen LogP contribution in [0.15, 0.2) is 101 Å². The molecule has 2 aromatic heterocycles. The Morgan fingerprint density at radius 1 is 0.757 bits per heavy atom. The summed E-state index contributed by atoms with van der Waals surface area (Å²) in [4.78, 5) is 37.1. The van der Waals surface area contributed by atoms with Crippen LogP contribution in [0.25, 0.3) is 33.3 Å². The summed E-state index contributed by atoms with van der Waals surface area (Å²) in [6.07, 6.45) is 0. The minimum Gasteiger partial charge on any atom is -0.353 e. The van der Waals surface area contributed by atoms with Gasteiger partial charge in [-0.2, -0.15) is 10.2 Å². The van der Waals surface area contributed by atoms with Crippen molar-refractivity contribution in [2.24, 2.45) is 0 Å². The Labute approximate surface area is 210 Å². The molecule has 0 atom stereocenters. The lowest BCUT2D eigenvalue weighted by Crippen LogP contribution is -2.36. The predicted octanol–water partition coefficient (Wildman–Crippen LogP) is 3.24. The van der Waals surface area contributed by atoms with Crippen LogP contribution in [0, 0.1) is 5.82 Å². The number of benzene rings is 3. The monoisotopic (exact) mass is 495 g/mol. The first-order valence-corrected chi connectivity index (χ1v) is 11.6. The van der Waals surface area contributed by atoms with Crippen LogP contribution in [0.3, 0.4) is 0 Å². The van der Waals surface area contributed by atoms with E-state index in [0.717, 1.165) is 21.0 Å². The van der Waals surface area contributed by atoms with Gasteiger partial charge in [0.15, 0.2) is 0 Å². The van der Waals surface area contributed by atoms with Crippen molar-refractivity contribution >= 4 is 16.7 Å². The molecule has 0 bridgehead atoms. The lowest BCUT2D eigenvalue weighted by molar-refractivity contribution is -0.121. The van der Waals surface area contributed by atoms with Gasteiger partial charge in [-0.3, -0.25) is 14.4 Å². The minimum atomic E-state index is -0.424. The second-order valence-corrected chi connectivity index (χ2v) is 8.38. The van der Waals surface area contributed by atoms with Crippen molar-refractivity contribution in [1.82, 2.24) is 24.9 Å². The number of nitrogens with zero attached hydrogens (tertiary/aromatic N) is 4. The third-order valence-electron chi connectivity index (χ3n) is 5.88. The predicted molar refractivity (Wildman–Crippen MR) is 138 cm³/mol. The Bertz CT molecular complexity index is 1710. The topological polar surface area (TPSA) is 98.9 Å². The van der Waals surface area contributed by atoms with Gasteiger partial charge in [-0.1, -0.05) is 42.5 Å². The molecular weight excluding hydrogens is 473 g/mol. The van der Waals surface area contributed by atoms with Crippen LogP contribution in [0.2, 0.25) is 0 Å². The fourth-order valence-corrected chi connectivity index (χ4v) is 4.03. The normalized spacial score (nSPS) is 10.9. The molecule has 5 aromatic rings. The molecule has 0 fully saturated rings. The lowest BCUT2D eigenvalue weighted by atomic mass is 10.0. The SMILES string of the molecule is O=C(Cn1nc(-c2cccc3ccccc23)ccc1=O)NCCn1nc(-c2ccc(F)cc2)ccc1=O. The smallest absolute Gasteiger partial charge is 0.267 e. The van der Waals surface area contributed by atoms with E-state index >= 15 is 0 Å². The Balaban J connectivity index is 1.27. The summed E-state index contributed by atoms with van der Waals surface area (Å²) < 4.78 is 15.5. The summed E-state index contributed by atoms with van der Waals surface area (Å²) in [6.45, 7) is -0.0241. The molecule has 0 saturated carbocycles. The van der Waals surface area contributed by atoms with Crippen molar-refractivity contribution in [3.63, 3.8) is 0 Å². The standard InChI is InChI=1S/C28H22FN5O3/c29-21-10-8-20(9-11-21)24-12-14-27(36)33(31-24)17-16-30-26(35)18-34-28(37)15-13-25(32-34)23-7-3-5-19-4-1-2-6-22(19)23/h1-15H,16-18H2,(H,30,35). The van der Waals surface area contributed by atoms with Crippen LogP contribution < -0.4 is 16.4 Å². The van der Waals surface area contributed by atoms with Gasteiger partial charge in [0.1, 0.15) is 12.4 Å². The van der Waals surface area contributed by atoms with Gasteiger partial charge in [0.25, 0.3) is 11.1 Å². The first-order valence-electron chi connectivity index (χ1n) is 11.6. The molecule has 184 valence electrons. The molecule has 1 amide bonds. The molecule has 5 rings (SSSR count). The number of halogens is 1. The number of hydrogen-bond acceptors (Lipinski definition) is 5. The Kier molecular flexibility index (Phi) is 6.67. The van der Waals surface area contributed by atoms with Crippen LogP contribution in [-0.2, 0) is 17.9 Å². The third-order valence-corrected chi connectivity index (χ3v) is 5.88. The number of rotatable bonds is 7. The third kappa shape index (κ3) is 5.35. The summed E-state index contributed by atoms with van der Waals surface area (Å²) >= 11 is 0. The quantitative estimate of drug-likeness (QED) is 0.374. The molecule has 0 aliphatic carbocycles. The molecule has 0 spiro atoms. The zero-order chi connectivity index (χ0) is 25.8. The van der Waals surface area contributed by atoms with Gasteiger partial charge >= 0.3 is 0 Å². The number of fused-ring (bicyclic) bond motifs is 1. The molecule has 0 radical (unpaired) electrons. The summed E-state index contributed by atoms with van der Waals surface area (Å²) in [7, 11) is 0. The Morgan fingerprint density at radius 2 is 1.43 bits per heavy atom. The van der Waals surface area contributed by atoms with Crippen LogP contribution in [0.1, 0.15) is 0 Å². The summed E-state index contributed by atoms with van der Waals surface area (Å²) in [5.74, 6) is -0.788.